The first-order valence-corrected chi connectivity index (χ1v) is 10.4. The summed E-state index contributed by atoms with van der Waals surface area (Å²) in [5.41, 5.74) is -3.70. The number of benzene rings is 2. The molecule has 0 bridgehead atoms. The van der Waals surface area contributed by atoms with Gasteiger partial charge < -0.3 is 14.6 Å². The molecule has 2 aromatic rings. The second-order valence-corrected chi connectivity index (χ2v) is 7.78. The molecule has 0 spiro atoms. The van der Waals surface area contributed by atoms with Gasteiger partial charge in [0.15, 0.2) is 11.2 Å². The molecule has 0 aromatic heterocycles. The molecule has 1 aliphatic rings. The molecule has 2 aromatic carbocycles. The Kier molecular flexibility index (Phi) is 6.47. The predicted octanol–water partition coefficient (Wildman–Crippen LogP) is 3.50. The van der Waals surface area contributed by atoms with E-state index < -0.39 is 41.6 Å². The number of ether oxygens (including phenoxy) is 2. The highest BCUT2D eigenvalue weighted by Crippen LogP contribution is 2.51. The molecule has 0 aliphatic heterocycles. The van der Waals surface area contributed by atoms with Crippen LogP contribution in [0.5, 0.6) is 0 Å². The van der Waals surface area contributed by atoms with E-state index in [1.807, 2.05) is 24.3 Å². The van der Waals surface area contributed by atoms with Crippen LogP contribution in [0.15, 0.2) is 53.6 Å². The molecule has 0 saturated carbocycles. The number of hydrogen-bond donors (Lipinski definition) is 1. The first-order chi connectivity index (χ1) is 15.2. The lowest BCUT2D eigenvalue weighted by Crippen LogP contribution is -2.39. The maximum absolute atomic E-state index is 13.8. The van der Waals surface area contributed by atoms with Gasteiger partial charge in [0.2, 0.25) is 0 Å². The molecule has 3 rings (SSSR count). The quantitative estimate of drug-likeness (QED) is 0.523. The molecule has 0 fully saturated rings. The first-order valence-electron chi connectivity index (χ1n) is 10.4. The Hall–Kier alpha value is -3.50. The van der Waals surface area contributed by atoms with Crippen molar-refractivity contribution in [1.29, 1.82) is 5.26 Å². The van der Waals surface area contributed by atoms with Crippen LogP contribution in [0.2, 0.25) is 0 Å². The number of carbonyl (C=O) groups is 3. The van der Waals surface area contributed by atoms with Crippen molar-refractivity contribution in [3.05, 3.63) is 59.2 Å². The maximum Gasteiger partial charge on any atom is 0.330 e. The lowest BCUT2D eigenvalue weighted by atomic mass is 9.80. The van der Waals surface area contributed by atoms with Crippen LogP contribution in [0, 0.1) is 16.7 Å². The maximum atomic E-state index is 13.8. The zero-order valence-electron chi connectivity index (χ0n) is 18.3. The second-order valence-electron chi connectivity index (χ2n) is 7.78. The Labute approximate surface area is 186 Å². The van der Waals surface area contributed by atoms with Crippen LogP contribution in [0.3, 0.4) is 0 Å². The molecule has 0 radical (unpaired) electrons. The van der Waals surface area contributed by atoms with E-state index in [9.17, 15) is 24.8 Å². The number of Topliss-reactive ketones (excluding diaryl/α,β-unsaturated/α-hetero) is 1. The fourth-order valence-electron chi connectivity index (χ4n) is 4.41. The smallest absolute Gasteiger partial charge is 0.330 e. The molecule has 1 aliphatic carbocycles. The molecule has 0 unspecified atom stereocenters. The summed E-state index contributed by atoms with van der Waals surface area (Å²) in [5.74, 6) is -2.14. The van der Waals surface area contributed by atoms with Gasteiger partial charge in [-0.05, 0) is 37.1 Å². The highest BCUT2D eigenvalue weighted by atomic mass is 16.5. The number of ketones is 1. The molecule has 7 heteroatoms. The Morgan fingerprint density at radius 3 is 2.38 bits per heavy atom. The van der Waals surface area contributed by atoms with E-state index in [2.05, 4.69) is 0 Å². The van der Waals surface area contributed by atoms with E-state index in [0.29, 0.717) is 10.9 Å². The highest BCUT2D eigenvalue weighted by Gasteiger charge is 2.60. The van der Waals surface area contributed by atoms with Gasteiger partial charge in [-0.2, -0.15) is 5.26 Å². The fraction of sp³-hybridized carbons (Fsp3) is 0.360. The summed E-state index contributed by atoms with van der Waals surface area (Å²) in [5, 5.41) is 23.0. The van der Waals surface area contributed by atoms with Crippen LogP contribution >= 0.6 is 0 Å². The van der Waals surface area contributed by atoms with Gasteiger partial charge in [-0.3, -0.25) is 9.59 Å². The average molecular weight is 435 g/mol. The number of esters is 2. The largest absolute Gasteiger partial charge is 0.466 e. The predicted molar refractivity (Wildman–Crippen MR) is 116 cm³/mol. The first kappa shape index (κ1) is 23.2. The van der Waals surface area contributed by atoms with E-state index in [1.54, 1.807) is 38.1 Å². The van der Waals surface area contributed by atoms with Crippen molar-refractivity contribution >= 4 is 28.5 Å². The van der Waals surface area contributed by atoms with Gasteiger partial charge >= 0.3 is 11.9 Å². The average Bonchev–Trinajstić information content (AvgIpc) is 3.00. The highest BCUT2D eigenvalue weighted by molar-refractivity contribution is 6.18. The standard InChI is InChI=1S/C25H25NO6/c1-4-31-20(27)13-25(30)14-24(15-26,23(29)32-5-2)16(3)21(25)22(28)19-12-8-10-17-9-6-7-11-18(17)19/h6-12,30H,4-5,13-14H2,1-3H3/t24-,25+/m1/s1. The molecular formula is C25H25NO6. The molecule has 7 nitrogen and oxygen atoms in total. The van der Waals surface area contributed by atoms with Crippen molar-refractivity contribution in [2.45, 2.75) is 39.2 Å². The normalized spacial score (nSPS) is 22.5. The Bertz CT molecular complexity index is 1160. The van der Waals surface area contributed by atoms with Crippen LogP contribution in [-0.4, -0.2) is 41.6 Å². The number of aliphatic hydroxyl groups is 1. The number of fused-ring (bicyclic) bond motifs is 1. The number of carbonyl (C=O) groups excluding carboxylic acids is 3. The summed E-state index contributed by atoms with van der Waals surface area (Å²) in [4.78, 5) is 38.9. The van der Waals surface area contributed by atoms with E-state index in [4.69, 9.17) is 9.47 Å². The Morgan fingerprint density at radius 1 is 1.06 bits per heavy atom. The Balaban J connectivity index is 2.22. The molecule has 0 amide bonds. The third-order valence-corrected chi connectivity index (χ3v) is 5.86. The third-order valence-electron chi connectivity index (χ3n) is 5.86. The van der Waals surface area contributed by atoms with Gasteiger partial charge in [0.1, 0.15) is 5.60 Å². The molecule has 0 saturated heterocycles. The summed E-state index contributed by atoms with van der Waals surface area (Å²) >= 11 is 0. The lowest BCUT2D eigenvalue weighted by molar-refractivity contribution is -0.154. The summed E-state index contributed by atoms with van der Waals surface area (Å²) in [7, 11) is 0. The molecule has 2 atom stereocenters. The minimum absolute atomic E-state index is 0.0262. The van der Waals surface area contributed by atoms with Gasteiger partial charge in [0.05, 0.1) is 25.7 Å². The van der Waals surface area contributed by atoms with Crippen LogP contribution < -0.4 is 0 Å². The minimum atomic E-state index is -2.06. The van der Waals surface area contributed by atoms with Gasteiger partial charge in [0.25, 0.3) is 0 Å². The number of rotatable bonds is 7. The van der Waals surface area contributed by atoms with Crippen LogP contribution in [0.25, 0.3) is 10.8 Å². The molecular weight excluding hydrogens is 410 g/mol. The van der Waals surface area contributed by atoms with Crippen LogP contribution in [-0.2, 0) is 19.1 Å². The van der Waals surface area contributed by atoms with E-state index in [0.717, 1.165) is 5.39 Å². The summed E-state index contributed by atoms with van der Waals surface area (Å²) in [6.45, 7) is 4.80. The van der Waals surface area contributed by atoms with E-state index in [-0.39, 0.29) is 24.4 Å². The van der Waals surface area contributed by atoms with Crippen LogP contribution in [0.4, 0.5) is 0 Å². The molecule has 1 N–H and O–H groups in total. The third kappa shape index (κ3) is 3.78. The van der Waals surface area contributed by atoms with Crippen molar-refractivity contribution in [2.24, 2.45) is 5.41 Å². The number of nitrogens with zero attached hydrogens (tertiary/aromatic N) is 1. The SMILES string of the molecule is CCOC(=O)C[C@]1(O)C[C@](C#N)(C(=O)OCC)C(C)=C1C(=O)c1cccc2ccccc12. The fourth-order valence-corrected chi connectivity index (χ4v) is 4.41. The van der Waals surface area contributed by atoms with E-state index in [1.165, 1.54) is 6.92 Å². The number of nitriles is 1. The monoisotopic (exact) mass is 435 g/mol. The van der Waals surface area contributed by atoms with E-state index >= 15 is 0 Å². The zero-order chi connectivity index (χ0) is 23.5. The molecule has 32 heavy (non-hydrogen) atoms. The lowest BCUT2D eigenvalue weighted by Gasteiger charge is -2.27. The summed E-state index contributed by atoms with van der Waals surface area (Å²) in [6, 6.07) is 14.4. The molecule has 166 valence electrons. The second kappa shape index (κ2) is 8.93. The van der Waals surface area contributed by atoms with Crippen molar-refractivity contribution in [2.75, 3.05) is 13.2 Å². The van der Waals surface area contributed by atoms with Crippen molar-refractivity contribution in [1.82, 2.24) is 0 Å². The van der Waals surface area contributed by atoms with Gasteiger partial charge in [-0.1, -0.05) is 42.5 Å². The van der Waals surface area contributed by atoms with Gasteiger partial charge in [0, 0.05) is 17.6 Å². The van der Waals surface area contributed by atoms with Crippen molar-refractivity contribution in [3.8, 4) is 6.07 Å². The van der Waals surface area contributed by atoms with Crippen LogP contribution in [0.1, 0.15) is 44.0 Å². The zero-order valence-corrected chi connectivity index (χ0v) is 18.3. The topological polar surface area (TPSA) is 114 Å². The van der Waals surface area contributed by atoms with Gasteiger partial charge in [-0.15, -0.1) is 0 Å². The Morgan fingerprint density at radius 2 is 1.72 bits per heavy atom. The van der Waals surface area contributed by atoms with Crippen molar-refractivity contribution in [3.63, 3.8) is 0 Å². The van der Waals surface area contributed by atoms with Gasteiger partial charge in [-0.25, -0.2) is 4.79 Å². The minimum Gasteiger partial charge on any atom is -0.466 e. The molecule has 0 heterocycles. The van der Waals surface area contributed by atoms with Crippen molar-refractivity contribution < 1.29 is 29.0 Å². The number of hydrogen-bond acceptors (Lipinski definition) is 7. The summed E-state index contributed by atoms with van der Waals surface area (Å²) in [6.07, 6.45) is -1.03. The summed E-state index contributed by atoms with van der Waals surface area (Å²) < 4.78 is 10.1.